The van der Waals surface area contributed by atoms with Crippen LogP contribution in [-0.2, 0) is 26.5 Å². The number of aromatic nitrogens is 3. The summed E-state index contributed by atoms with van der Waals surface area (Å²) in [6.45, 7) is 6.23. The zero-order valence-electron chi connectivity index (χ0n) is 23.6. The number of rotatable bonds is 8. The minimum Gasteiger partial charge on any atom is -0.395 e. The monoisotopic (exact) mass is 577 g/mol. The smallest absolute Gasteiger partial charge is 0.261 e. The second-order valence-corrected chi connectivity index (χ2v) is 15.7. The summed E-state index contributed by atoms with van der Waals surface area (Å²) >= 11 is 0. The van der Waals surface area contributed by atoms with Gasteiger partial charge in [0, 0.05) is 54.1 Å². The molecule has 3 aromatic rings. The van der Waals surface area contributed by atoms with Crippen LogP contribution in [0.25, 0.3) is 0 Å². The summed E-state index contributed by atoms with van der Waals surface area (Å²) in [4.78, 5) is 27.8. The highest BCUT2D eigenvalue weighted by molar-refractivity contribution is 6.72. The number of hydrogen-bond donors (Lipinski definition) is 2. The summed E-state index contributed by atoms with van der Waals surface area (Å²) in [5.74, 6) is -0.927. The first-order valence-electron chi connectivity index (χ1n) is 14.3. The second-order valence-electron chi connectivity index (χ2n) is 11.9. The molecule has 4 heterocycles. The summed E-state index contributed by atoms with van der Waals surface area (Å²) in [5.41, 5.74) is 1.89. The summed E-state index contributed by atoms with van der Waals surface area (Å²) in [6.07, 6.45) is 3.05. The standard InChI is InChI=1S/C30H36FN5O4Si/c1-19-28(41(2,3)31)26(13-15-35-17-25(33-34-35)22(18-37)20-8-5-4-6-9-20)40-30(19)23-16-21(36-14-7-10-27(36)38)11-12-24(23)32-29(30)39/h4-6,8-9,11-12,16-17,19,22,26,28,37H,7,10,13-15,18H2,1-3H3,(H,32,39)/t19-,22?,26+,28-,30+/m0/s1. The highest BCUT2D eigenvalue weighted by Crippen LogP contribution is 2.59. The van der Waals surface area contributed by atoms with Crippen molar-refractivity contribution in [3.63, 3.8) is 0 Å². The van der Waals surface area contributed by atoms with Crippen LogP contribution in [0.5, 0.6) is 0 Å². The molecule has 3 aliphatic heterocycles. The molecule has 41 heavy (non-hydrogen) atoms. The Balaban J connectivity index is 1.27. The number of anilines is 2. The number of aliphatic hydroxyl groups excluding tert-OH is 1. The summed E-state index contributed by atoms with van der Waals surface area (Å²) < 4.78 is 24.4. The molecule has 5 atom stereocenters. The Hall–Kier alpha value is -3.41. The van der Waals surface area contributed by atoms with Crippen molar-refractivity contribution in [2.24, 2.45) is 5.92 Å². The number of ether oxygens (including phenoxy) is 1. The van der Waals surface area contributed by atoms with Crippen LogP contribution in [0, 0.1) is 5.92 Å². The van der Waals surface area contributed by atoms with E-state index in [-0.39, 0.29) is 24.3 Å². The molecule has 0 saturated carbocycles. The van der Waals surface area contributed by atoms with Gasteiger partial charge in [-0.15, -0.1) is 5.10 Å². The molecular weight excluding hydrogens is 541 g/mol. The van der Waals surface area contributed by atoms with Gasteiger partial charge in [-0.25, -0.2) is 0 Å². The van der Waals surface area contributed by atoms with Gasteiger partial charge in [0.15, 0.2) is 5.60 Å². The quantitative estimate of drug-likeness (QED) is 0.304. The fourth-order valence-electron chi connectivity index (χ4n) is 7.11. The number of carbonyl (C=O) groups is 2. The normalized spacial score (nSPS) is 26.6. The molecule has 9 nitrogen and oxygen atoms in total. The Morgan fingerprint density at radius 1 is 1.22 bits per heavy atom. The third-order valence-electron chi connectivity index (χ3n) is 9.02. The number of nitrogens with zero attached hydrogens (tertiary/aromatic N) is 4. The Morgan fingerprint density at radius 2 is 2.00 bits per heavy atom. The van der Waals surface area contributed by atoms with Gasteiger partial charge in [0.1, 0.15) is 0 Å². The van der Waals surface area contributed by atoms with Crippen molar-refractivity contribution in [2.75, 3.05) is 23.4 Å². The molecular formula is C30H36FN5O4Si. The van der Waals surface area contributed by atoms with Crippen molar-refractivity contribution in [3.05, 3.63) is 71.5 Å². The molecule has 2 saturated heterocycles. The maximum absolute atomic E-state index is 16.0. The van der Waals surface area contributed by atoms with E-state index in [0.29, 0.717) is 42.9 Å². The van der Waals surface area contributed by atoms with E-state index in [2.05, 4.69) is 15.6 Å². The van der Waals surface area contributed by atoms with E-state index < -0.39 is 31.6 Å². The largest absolute Gasteiger partial charge is 0.395 e. The van der Waals surface area contributed by atoms with Crippen LogP contribution in [0.1, 0.15) is 48.9 Å². The predicted molar refractivity (Wildman–Crippen MR) is 155 cm³/mol. The van der Waals surface area contributed by atoms with Crippen LogP contribution in [0.3, 0.4) is 0 Å². The fourth-order valence-corrected chi connectivity index (χ4v) is 9.65. The van der Waals surface area contributed by atoms with Gasteiger partial charge in [0.2, 0.25) is 14.3 Å². The van der Waals surface area contributed by atoms with Crippen molar-refractivity contribution in [2.45, 2.75) is 69.0 Å². The maximum Gasteiger partial charge on any atom is 0.261 e. The van der Waals surface area contributed by atoms with Crippen LogP contribution >= 0.6 is 0 Å². The molecule has 3 aliphatic rings. The Labute approximate surface area is 239 Å². The number of carbonyl (C=O) groups excluding carboxylic acids is 2. The van der Waals surface area contributed by atoms with Crippen molar-refractivity contribution in [1.82, 2.24) is 15.0 Å². The zero-order chi connectivity index (χ0) is 28.9. The summed E-state index contributed by atoms with van der Waals surface area (Å²) in [7, 11) is -3.29. The van der Waals surface area contributed by atoms with Crippen LogP contribution in [0.15, 0.2) is 54.7 Å². The van der Waals surface area contributed by atoms with Crippen LogP contribution in [-0.4, -0.2) is 59.6 Å². The summed E-state index contributed by atoms with van der Waals surface area (Å²) in [5, 5.41) is 21.6. The van der Waals surface area contributed by atoms with Gasteiger partial charge in [-0.1, -0.05) is 42.5 Å². The number of halogens is 1. The van der Waals surface area contributed by atoms with Crippen LogP contribution in [0.2, 0.25) is 18.6 Å². The highest BCUT2D eigenvalue weighted by Gasteiger charge is 2.65. The van der Waals surface area contributed by atoms with E-state index in [4.69, 9.17) is 4.74 Å². The van der Waals surface area contributed by atoms with Gasteiger partial charge >= 0.3 is 0 Å². The number of fused-ring (bicyclic) bond motifs is 2. The van der Waals surface area contributed by atoms with E-state index in [1.807, 2.05) is 61.7 Å². The van der Waals surface area contributed by atoms with Gasteiger partial charge in [0.25, 0.3) is 5.91 Å². The fraction of sp³-hybridized carbons (Fsp3) is 0.467. The molecule has 1 spiro atoms. The molecule has 2 N–H and O–H groups in total. The SMILES string of the molecule is C[C@H]1[C@H]([Si](C)(C)F)[C@@H](CCn2cc(C(CO)c3ccccc3)nn2)O[C@]12C(=O)Nc1ccc(N3CCCC3=O)cc12. The molecule has 1 aromatic heterocycles. The Kier molecular flexibility index (Phi) is 7.07. The lowest BCUT2D eigenvalue weighted by Gasteiger charge is -2.31. The minimum absolute atomic E-state index is 0.0626. The molecule has 216 valence electrons. The number of benzene rings is 2. The Morgan fingerprint density at radius 3 is 2.68 bits per heavy atom. The molecule has 2 amide bonds. The van der Waals surface area contributed by atoms with E-state index in [1.54, 1.807) is 22.7 Å². The van der Waals surface area contributed by atoms with Gasteiger partial charge in [-0.3, -0.25) is 14.3 Å². The van der Waals surface area contributed by atoms with E-state index >= 15 is 4.11 Å². The first kappa shape index (κ1) is 27.7. The lowest BCUT2D eigenvalue weighted by molar-refractivity contribution is -0.143. The van der Waals surface area contributed by atoms with Gasteiger partial charge < -0.3 is 24.2 Å². The van der Waals surface area contributed by atoms with Crippen molar-refractivity contribution >= 4 is 31.6 Å². The van der Waals surface area contributed by atoms with E-state index in [1.165, 1.54) is 0 Å². The molecule has 2 aromatic carbocycles. The number of aliphatic hydroxyl groups is 1. The van der Waals surface area contributed by atoms with Crippen LogP contribution in [0.4, 0.5) is 15.5 Å². The molecule has 0 aliphatic carbocycles. The average Bonchev–Trinajstić information content (AvgIpc) is 3.71. The third kappa shape index (κ3) is 4.69. The first-order chi connectivity index (χ1) is 19.6. The predicted octanol–water partition coefficient (Wildman–Crippen LogP) is 4.35. The molecule has 1 unspecified atom stereocenters. The minimum atomic E-state index is -3.29. The Bertz CT molecular complexity index is 1460. The first-order valence-corrected chi connectivity index (χ1v) is 17.3. The molecule has 11 heteroatoms. The molecule has 2 fully saturated rings. The highest BCUT2D eigenvalue weighted by atomic mass is 28.4. The molecule has 0 radical (unpaired) electrons. The third-order valence-corrected chi connectivity index (χ3v) is 11.5. The van der Waals surface area contributed by atoms with Crippen molar-refractivity contribution in [3.8, 4) is 0 Å². The second kappa shape index (κ2) is 10.5. The van der Waals surface area contributed by atoms with E-state index in [9.17, 15) is 14.7 Å². The molecule has 6 rings (SSSR count). The zero-order valence-corrected chi connectivity index (χ0v) is 24.6. The van der Waals surface area contributed by atoms with E-state index in [0.717, 1.165) is 17.7 Å². The molecule has 0 bridgehead atoms. The number of hydrogen-bond acceptors (Lipinski definition) is 6. The van der Waals surface area contributed by atoms with Crippen molar-refractivity contribution < 1.29 is 23.5 Å². The lowest BCUT2D eigenvalue weighted by atomic mass is 9.82. The topological polar surface area (TPSA) is 110 Å². The van der Waals surface area contributed by atoms with Gasteiger partial charge in [-0.05, 0) is 49.7 Å². The maximum atomic E-state index is 16.0. The van der Waals surface area contributed by atoms with Gasteiger partial charge in [0.05, 0.1) is 24.3 Å². The average molecular weight is 578 g/mol. The lowest BCUT2D eigenvalue weighted by Crippen LogP contribution is -2.42. The number of aryl methyl sites for hydroxylation is 1. The van der Waals surface area contributed by atoms with Gasteiger partial charge in [-0.2, -0.15) is 0 Å². The summed E-state index contributed by atoms with van der Waals surface area (Å²) in [6, 6.07) is 15.2. The number of amides is 2. The number of nitrogens with one attached hydrogen (secondary N) is 1. The van der Waals surface area contributed by atoms with Crippen LogP contribution < -0.4 is 10.2 Å². The van der Waals surface area contributed by atoms with Crippen molar-refractivity contribution in [1.29, 1.82) is 0 Å².